The van der Waals surface area contributed by atoms with Crippen LogP contribution < -0.4 is 9.62 Å². The second-order valence-corrected chi connectivity index (χ2v) is 12.3. The van der Waals surface area contributed by atoms with E-state index in [0.717, 1.165) is 21.7 Å². The van der Waals surface area contributed by atoms with Crippen molar-refractivity contribution in [2.45, 2.75) is 51.7 Å². The molecule has 0 bridgehead atoms. The van der Waals surface area contributed by atoms with Crippen LogP contribution >= 0.6 is 11.6 Å². The number of sulfonamides is 1. The Bertz CT molecular complexity index is 1390. The summed E-state index contributed by atoms with van der Waals surface area (Å²) in [5, 5.41) is 3.45. The normalized spacial score (nSPS) is 12.2. The van der Waals surface area contributed by atoms with Gasteiger partial charge >= 0.3 is 0 Å². The third kappa shape index (κ3) is 9.34. The minimum absolute atomic E-state index is 0.00592. The molecule has 0 aliphatic rings. The van der Waals surface area contributed by atoms with Gasteiger partial charge in [0.05, 0.1) is 11.9 Å². The van der Waals surface area contributed by atoms with Crippen LogP contribution in [0.3, 0.4) is 0 Å². The lowest BCUT2D eigenvalue weighted by atomic mass is 10.0. The molecule has 40 heavy (non-hydrogen) atoms. The third-order valence-electron chi connectivity index (χ3n) is 6.21. The van der Waals surface area contributed by atoms with Crippen LogP contribution in [0.25, 0.3) is 0 Å². The highest BCUT2D eigenvalue weighted by Crippen LogP contribution is 2.21. The van der Waals surface area contributed by atoms with Crippen LogP contribution in [-0.2, 0) is 32.6 Å². The number of hydrogen-bond acceptors (Lipinski definition) is 4. The van der Waals surface area contributed by atoms with E-state index in [1.807, 2.05) is 50.2 Å². The second kappa shape index (κ2) is 14.3. The van der Waals surface area contributed by atoms with Gasteiger partial charge in [-0.3, -0.25) is 13.9 Å². The summed E-state index contributed by atoms with van der Waals surface area (Å²) in [6.45, 7) is 3.88. The van der Waals surface area contributed by atoms with E-state index in [4.69, 9.17) is 11.6 Å². The van der Waals surface area contributed by atoms with Crippen molar-refractivity contribution in [3.63, 3.8) is 0 Å². The lowest BCUT2D eigenvalue weighted by Crippen LogP contribution is -2.51. The van der Waals surface area contributed by atoms with Crippen molar-refractivity contribution in [1.29, 1.82) is 0 Å². The molecule has 0 radical (unpaired) electrons. The fourth-order valence-corrected chi connectivity index (χ4v) is 5.56. The molecule has 3 aromatic carbocycles. The third-order valence-corrected chi connectivity index (χ3v) is 7.64. The molecule has 0 aliphatic carbocycles. The highest BCUT2D eigenvalue weighted by atomic mass is 35.5. The van der Waals surface area contributed by atoms with E-state index in [1.54, 1.807) is 23.1 Å². The van der Waals surface area contributed by atoms with Crippen molar-refractivity contribution in [2.75, 3.05) is 17.1 Å². The maximum Gasteiger partial charge on any atom is 0.243 e. The minimum Gasteiger partial charge on any atom is -0.352 e. The molecule has 0 unspecified atom stereocenters. The number of carbonyl (C=O) groups excluding carboxylic acids is 2. The number of amides is 2. The summed E-state index contributed by atoms with van der Waals surface area (Å²) in [7, 11) is -3.68. The molecule has 0 saturated carbocycles. The molecule has 214 valence electrons. The first-order valence-corrected chi connectivity index (χ1v) is 15.3. The fourth-order valence-electron chi connectivity index (χ4n) is 4.38. The predicted octanol–water partition coefficient (Wildman–Crippen LogP) is 5.19. The van der Waals surface area contributed by atoms with E-state index in [2.05, 4.69) is 5.32 Å². The first kappa shape index (κ1) is 31.1. The Kier molecular flexibility index (Phi) is 11.1. The molecule has 7 nitrogen and oxygen atoms in total. The van der Waals surface area contributed by atoms with Gasteiger partial charge in [0.25, 0.3) is 0 Å². The molecular formula is C30H35ClFN3O4S. The summed E-state index contributed by atoms with van der Waals surface area (Å²) in [5.41, 5.74) is 1.97. The van der Waals surface area contributed by atoms with Crippen LogP contribution in [0.15, 0.2) is 78.9 Å². The maximum atomic E-state index is 13.8. The van der Waals surface area contributed by atoms with Crippen LogP contribution in [0.1, 0.15) is 37.8 Å². The molecule has 10 heteroatoms. The summed E-state index contributed by atoms with van der Waals surface area (Å²) in [6.07, 6.45) is 1.56. The molecule has 0 fully saturated rings. The predicted molar refractivity (Wildman–Crippen MR) is 157 cm³/mol. The zero-order valence-electron chi connectivity index (χ0n) is 22.9. The number of halogens is 2. The zero-order valence-corrected chi connectivity index (χ0v) is 24.5. The second-order valence-electron chi connectivity index (χ2n) is 9.94. The van der Waals surface area contributed by atoms with E-state index < -0.39 is 21.9 Å². The summed E-state index contributed by atoms with van der Waals surface area (Å²) in [4.78, 5) is 28.7. The highest BCUT2D eigenvalue weighted by molar-refractivity contribution is 7.92. The molecule has 3 aromatic rings. The van der Waals surface area contributed by atoms with Gasteiger partial charge < -0.3 is 10.2 Å². The van der Waals surface area contributed by atoms with Crippen LogP contribution in [0.5, 0.6) is 0 Å². The quantitative estimate of drug-likeness (QED) is 0.298. The first-order valence-electron chi connectivity index (χ1n) is 13.1. The number of anilines is 1. The number of benzene rings is 3. The number of rotatable bonds is 13. The zero-order chi connectivity index (χ0) is 29.3. The number of carbonyl (C=O) groups is 2. The van der Waals surface area contributed by atoms with E-state index in [-0.39, 0.29) is 43.8 Å². The van der Waals surface area contributed by atoms with Gasteiger partial charge in [0.1, 0.15) is 11.9 Å². The van der Waals surface area contributed by atoms with Crippen molar-refractivity contribution in [3.8, 4) is 0 Å². The van der Waals surface area contributed by atoms with Gasteiger partial charge in [0.2, 0.25) is 21.8 Å². The molecule has 0 aliphatic heterocycles. The van der Waals surface area contributed by atoms with Gasteiger partial charge in [-0.05, 0) is 67.8 Å². The number of hydrogen-bond donors (Lipinski definition) is 1. The lowest BCUT2D eigenvalue weighted by molar-refractivity contribution is -0.141. The van der Waals surface area contributed by atoms with Crippen molar-refractivity contribution >= 4 is 39.1 Å². The van der Waals surface area contributed by atoms with Crippen molar-refractivity contribution in [3.05, 3.63) is 101 Å². The van der Waals surface area contributed by atoms with Crippen LogP contribution in [0, 0.1) is 5.82 Å². The largest absolute Gasteiger partial charge is 0.352 e. The van der Waals surface area contributed by atoms with Crippen LogP contribution in [0.4, 0.5) is 10.1 Å². The average Bonchev–Trinajstić information content (AvgIpc) is 2.89. The number of nitrogens with one attached hydrogen (secondary N) is 1. The summed E-state index contributed by atoms with van der Waals surface area (Å²) in [6, 6.07) is 20.8. The molecule has 0 heterocycles. The molecule has 0 aromatic heterocycles. The molecule has 0 saturated heterocycles. The summed E-state index contributed by atoms with van der Waals surface area (Å²) in [5.74, 6) is -1.06. The Morgan fingerprint density at radius 2 is 1.60 bits per heavy atom. The molecule has 3 rings (SSSR count). The SMILES string of the molecule is CC(C)NC(=O)[C@H](Cc1ccccc1)N(Cc1cccc(Cl)c1)C(=O)CCCN(c1ccc(F)cc1)S(C)(=O)=O. The Morgan fingerprint density at radius 3 is 2.20 bits per heavy atom. The average molecular weight is 588 g/mol. The monoisotopic (exact) mass is 587 g/mol. The molecule has 0 spiro atoms. The standard InChI is InChI=1S/C30H35ClFN3O4S/c1-22(2)33-30(37)28(20-23-9-5-4-6-10-23)34(21-24-11-7-12-25(31)19-24)29(36)13-8-18-35(40(3,38)39)27-16-14-26(32)15-17-27/h4-7,9-12,14-17,19,22,28H,8,13,18,20-21H2,1-3H3,(H,33,37)/t28-/m0/s1. The number of nitrogens with zero attached hydrogens (tertiary/aromatic N) is 2. The summed E-state index contributed by atoms with van der Waals surface area (Å²) >= 11 is 6.21. The smallest absolute Gasteiger partial charge is 0.243 e. The highest BCUT2D eigenvalue weighted by Gasteiger charge is 2.31. The van der Waals surface area contributed by atoms with E-state index in [9.17, 15) is 22.4 Å². The minimum atomic E-state index is -3.68. The first-order chi connectivity index (χ1) is 18.9. The van der Waals surface area contributed by atoms with Gasteiger partial charge in [0, 0.05) is 37.0 Å². The van der Waals surface area contributed by atoms with Crippen LogP contribution in [-0.4, -0.2) is 50.0 Å². The Balaban J connectivity index is 1.87. The van der Waals surface area contributed by atoms with Gasteiger partial charge in [-0.1, -0.05) is 54.1 Å². The molecule has 1 N–H and O–H groups in total. The molecule has 1 atom stereocenters. The molecular weight excluding hydrogens is 553 g/mol. The molecule has 2 amide bonds. The van der Waals surface area contributed by atoms with Gasteiger partial charge in [-0.25, -0.2) is 12.8 Å². The van der Waals surface area contributed by atoms with E-state index in [0.29, 0.717) is 17.1 Å². The van der Waals surface area contributed by atoms with Crippen molar-refractivity contribution in [2.24, 2.45) is 0 Å². The van der Waals surface area contributed by atoms with E-state index >= 15 is 0 Å². The van der Waals surface area contributed by atoms with E-state index in [1.165, 1.54) is 24.3 Å². The Labute approximate surface area is 241 Å². The Morgan fingerprint density at radius 1 is 0.950 bits per heavy atom. The topological polar surface area (TPSA) is 86.8 Å². The fraction of sp³-hybridized carbons (Fsp3) is 0.333. The van der Waals surface area contributed by atoms with Crippen molar-refractivity contribution in [1.82, 2.24) is 10.2 Å². The maximum absolute atomic E-state index is 13.8. The van der Waals surface area contributed by atoms with Gasteiger partial charge in [0.15, 0.2) is 0 Å². The lowest BCUT2D eigenvalue weighted by Gasteiger charge is -2.32. The Hall–Kier alpha value is -3.43. The van der Waals surface area contributed by atoms with Gasteiger partial charge in [-0.15, -0.1) is 0 Å². The van der Waals surface area contributed by atoms with Crippen molar-refractivity contribution < 1.29 is 22.4 Å². The summed E-state index contributed by atoms with van der Waals surface area (Å²) < 4.78 is 39.5. The van der Waals surface area contributed by atoms with Crippen LogP contribution in [0.2, 0.25) is 5.02 Å². The van der Waals surface area contributed by atoms with Gasteiger partial charge in [-0.2, -0.15) is 0 Å².